The van der Waals surface area contributed by atoms with Crippen LogP contribution < -0.4 is 5.73 Å². The molecule has 1 atom stereocenters. The van der Waals surface area contributed by atoms with Gasteiger partial charge in [-0.05, 0) is 47.8 Å². The maximum atomic E-state index is 11.6. The molecule has 3 N–H and O–H groups in total. The van der Waals surface area contributed by atoms with Crippen molar-refractivity contribution in [3.8, 4) is 10.6 Å². The first kappa shape index (κ1) is 17.0. The first-order valence-corrected chi connectivity index (χ1v) is 9.88. The Morgan fingerprint density at radius 1 is 1.29 bits per heavy atom. The van der Waals surface area contributed by atoms with Gasteiger partial charge in [-0.25, -0.2) is 4.98 Å². The van der Waals surface area contributed by atoms with Crippen molar-refractivity contribution < 1.29 is 21.7 Å². The summed E-state index contributed by atoms with van der Waals surface area (Å²) in [6.07, 6.45) is 0. The average Bonchev–Trinajstić information content (AvgIpc) is 2.89. The Balaban J connectivity index is 2.27. The third-order valence-electron chi connectivity index (χ3n) is 3.41. The topological polar surface area (TPSA) is 133 Å². The normalized spacial score (nSPS) is 13.3. The van der Waals surface area contributed by atoms with Crippen LogP contribution >= 0.6 is 11.3 Å². The van der Waals surface area contributed by atoms with E-state index >= 15 is 0 Å². The quantitative estimate of drug-likeness (QED) is 0.403. The molecular formula is C14H11N2O5S3-. The molecule has 1 aromatic heterocycles. The van der Waals surface area contributed by atoms with Gasteiger partial charge in [0.15, 0.2) is 0 Å². The predicted molar refractivity (Wildman–Crippen MR) is 91.2 cm³/mol. The van der Waals surface area contributed by atoms with Gasteiger partial charge in [-0.15, -0.1) is 11.3 Å². The molecule has 0 aliphatic heterocycles. The van der Waals surface area contributed by atoms with E-state index in [1.807, 2.05) is 0 Å². The highest BCUT2D eigenvalue weighted by atomic mass is 32.2. The van der Waals surface area contributed by atoms with Crippen molar-refractivity contribution in [2.75, 3.05) is 5.73 Å². The van der Waals surface area contributed by atoms with Crippen LogP contribution in [0.15, 0.2) is 40.1 Å². The van der Waals surface area contributed by atoms with E-state index < -0.39 is 21.2 Å². The minimum Gasteiger partial charge on any atom is -0.768 e. The highest BCUT2D eigenvalue weighted by molar-refractivity contribution is 7.86. The molecule has 3 aromatic rings. The minimum absolute atomic E-state index is 0.0575. The molecule has 1 unspecified atom stereocenters. The largest absolute Gasteiger partial charge is 0.768 e. The summed E-state index contributed by atoms with van der Waals surface area (Å²) in [4.78, 5) is 4.08. The van der Waals surface area contributed by atoms with Gasteiger partial charge >= 0.3 is 0 Å². The van der Waals surface area contributed by atoms with Crippen LogP contribution in [0.1, 0.15) is 5.56 Å². The molecule has 0 amide bonds. The molecule has 10 heteroatoms. The van der Waals surface area contributed by atoms with Crippen LogP contribution in [-0.2, 0) is 21.2 Å². The summed E-state index contributed by atoms with van der Waals surface area (Å²) in [5.74, 6) is 0. The molecular weight excluding hydrogens is 372 g/mol. The number of fused-ring (bicyclic) bond motifs is 1. The number of benzene rings is 2. The summed E-state index contributed by atoms with van der Waals surface area (Å²) in [7, 11) is -4.41. The SMILES string of the molecule is Cc1ccc2nc(-c3ccc(N)c(S(=O)[O-])c3)sc2c1S(=O)(=O)O. The number of nitrogens with two attached hydrogens (primary N) is 1. The summed E-state index contributed by atoms with van der Waals surface area (Å²) in [6, 6.07) is 7.61. The van der Waals surface area contributed by atoms with E-state index in [4.69, 9.17) is 5.73 Å². The Kier molecular flexibility index (Phi) is 4.18. The zero-order valence-electron chi connectivity index (χ0n) is 12.2. The standard InChI is InChI=1S/C14H12N2O5S3/c1-7-2-5-10-12(13(7)24(19,20)21)22-14(16-10)8-3-4-9(15)11(6-8)23(17)18/h2-6H,15H2,1H3,(H,17,18)(H,19,20,21)/p-1. The lowest BCUT2D eigenvalue weighted by Gasteiger charge is -2.09. The minimum atomic E-state index is -4.41. The van der Waals surface area contributed by atoms with E-state index in [1.54, 1.807) is 25.1 Å². The van der Waals surface area contributed by atoms with Gasteiger partial charge in [0.1, 0.15) is 9.90 Å². The molecule has 0 radical (unpaired) electrons. The van der Waals surface area contributed by atoms with Crippen LogP contribution in [-0.4, -0.2) is 26.7 Å². The zero-order chi connectivity index (χ0) is 17.6. The third-order valence-corrected chi connectivity index (χ3v) is 6.43. The summed E-state index contributed by atoms with van der Waals surface area (Å²) >= 11 is -1.45. The molecule has 7 nitrogen and oxygen atoms in total. The van der Waals surface area contributed by atoms with Crippen LogP contribution in [0.4, 0.5) is 5.69 Å². The first-order valence-electron chi connectivity index (χ1n) is 6.55. The molecule has 0 bridgehead atoms. The van der Waals surface area contributed by atoms with Crippen molar-refractivity contribution in [3.05, 3.63) is 35.9 Å². The number of aromatic nitrogens is 1. The fourth-order valence-electron chi connectivity index (χ4n) is 2.32. The van der Waals surface area contributed by atoms with E-state index in [2.05, 4.69) is 4.98 Å². The van der Waals surface area contributed by atoms with Gasteiger partial charge < -0.3 is 10.3 Å². The number of rotatable bonds is 3. The smallest absolute Gasteiger partial charge is 0.296 e. The van der Waals surface area contributed by atoms with Crippen molar-refractivity contribution in [2.24, 2.45) is 0 Å². The lowest BCUT2D eigenvalue weighted by molar-refractivity contribution is 0.483. The summed E-state index contributed by atoms with van der Waals surface area (Å²) in [6.45, 7) is 1.57. The predicted octanol–water partition coefficient (Wildman–Crippen LogP) is 2.34. The Labute approximate surface area is 144 Å². The number of aryl methyl sites for hydroxylation is 1. The number of hydrogen-bond acceptors (Lipinski definition) is 7. The van der Waals surface area contributed by atoms with E-state index in [9.17, 15) is 21.7 Å². The molecule has 0 saturated heterocycles. The molecule has 0 saturated carbocycles. The molecule has 3 rings (SSSR count). The Hall–Kier alpha value is -1.85. The van der Waals surface area contributed by atoms with Crippen molar-refractivity contribution in [2.45, 2.75) is 16.7 Å². The summed E-state index contributed by atoms with van der Waals surface area (Å²) in [5, 5.41) is 0.423. The van der Waals surface area contributed by atoms with Gasteiger partial charge in [-0.1, -0.05) is 6.07 Å². The van der Waals surface area contributed by atoms with Crippen LogP contribution in [0.2, 0.25) is 0 Å². The van der Waals surface area contributed by atoms with Gasteiger partial charge in [0.25, 0.3) is 10.1 Å². The fraction of sp³-hybridized carbons (Fsp3) is 0.0714. The number of hydrogen-bond donors (Lipinski definition) is 2. The van der Waals surface area contributed by atoms with E-state index in [1.165, 1.54) is 12.1 Å². The van der Waals surface area contributed by atoms with Crippen molar-refractivity contribution in [1.29, 1.82) is 0 Å². The van der Waals surface area contributed by atoms with Gasteiger partial charge in [0.05, 0.1) is 10.2 Å². The molecule has 0 aliphatic carbocycles. The summed E-state index contributed by atoms with van der Waals surface area (Å²) in [5.41, 5.74) is 7.02. The van der Waals surface area contributed by atoms with Gasteiger partial charge in [-0.3, -0.25) is 8.76 Å². The van der Waals surface area contributed by atoms with Gasteiger partial charge in [-0.2, -0.15) is 8.42 Å². The maximum absolute atomic E-state index is 11.6. The number of nitrogens with zero attached hydrogens (tertiary/aromatic N) is 1. The zero-order valence-corrected chi connectivity index (χ0v) is 14.7. The average molecular weight is 383 g/mol. The monoisotopic (exact) mass is 383 g/mol. The second-order valence-corrected chi connectivity index (χ2v) is 8.31. The van der Waals surface area contributed by atoms with Gasteiger partial charge in [0, 0.05) is 16.1 Å². The highest BCUT2D eigenvalue weighted by Gasteiger charge is 2.21. The second-order valence-electron chi connectivity index (χ2n) is 5.04. The molecule has 0 spiro atoms. The van der Waals surface area contributed by atoms with E-state index in [0.29, 0.717) is 26.4 Å². The Morgan fingerprint density at radius 2 is 2.00 bits per heavy atom. The Bertz CT molecular complexity index is 1090. The fourth-order valence-corrected chi connectivity index (χ4v) is 5.11. The maximum Gasteiger partial charge on any atom is 0.296 e. The molecule has 0 fully saturated rings. The number of thiazole rings is 1. The van der Waals surface area contributed by atoms with Crippen molar-refractivity contribution in [1.82, 2.24) is 4.98 Å². The Morgan fingerprint density at radius 3 is 2.62 bits per heavy atom. The first-order chi connectivity index (χ1) is 11.2. The number of nitrogen functional groups attached to an aromatic ring is 1. The van der Waals surface area contributed by atoms with E-state index in [-0.39, 0.29) is 15.5 Å². The van der Waals surface area contributed by atoms with Crippen LogP contribution in [0.3, 0.4) is 0 Å². The van der Waals surface area contributed by atoms with E-state index in [0.717, 1.165) is 11.3 Å². The molecule has 1 heterocycles. The van der Waals surface area contributed by atoms with Crippen LogP contribution in [0.25, 0.3) is 20.8 Å². The molecule has 126 valence electrons. The van der Waals surface area contributed by atoms with Gasteiger partial charge in [0.2, 0.25) is 0 Å². The van der Waals surface area contributed by atoms with Crippen LogP contribution in [0.5, 0.6) is 0 Å². The third kappa shape index (κ3) is 2.94. The van der Waals surface area contributed by atoms with Crippen LogP contribution in [0, 0.1) is 6.92 Å². The van der Waals surface area contributed by atoms with Crippen molar-refractivity contribution in [3.63, 3.8) is 0 Å². The molecule has 0 aliphatic rings. The molecule has 2 aromatic carbocycles. The number of anilines is 1. The highest BCUT2D eigenvalue weighted by Crippen LogP contribution is 2.36. The lowest BCUT2D eigenvalue weighted by Crippen LogP contribution is -2.00. The summed E-state index contributed by atoms with van der Waals surface area (Å²) < 4.78 is 55.4. The lowest BCUT2D eigenvalue weighted by atomic mass is 10.2. The second kappa shape index (κ2) is 5.90. The van der Waals surface area contributed by atoms with Crippen molar-refractivity contribution >= 4 is 48.4 Å². The molecule has 24 heavy (non-hydrogen) atoms.